The first-order valence-electron chi connectivity index (χ1n) is 10.00. The molecule has 0 aromatic heterocycles. The summed E-state index contributed by atoms with van der Waals surface area (Å²) in [5, 5.41) is 12.4. The van der Waals surface area contributed by atoms with E-state index in [2.05, 4.69) is 63.6 Å². The molecule has 0 saturated carbocycles. The molecule has 0 unspecified atom stereocenters. The van der Waals surface area contributed by atoms with Gasteiger partial charge in [0.15, 0.2) is 0 Å². The molecule has 0 aliphatic carbocycles. The topological polar surface area (TPSA) is 65.0 Å². The quantitative estimate of drug-likeness (QED) is 0.753. The molecule has 0 radical (unpaired) electrons. The first-order valence-corrected chi connectivity index (χ1v) is 10.00. The van der Waals surface area contributed by atoms with Crippen molar-refractivity contribution in [3.05, 3.63) is 54.1 Å². The number of piperidine rings is 1. The minimum absolute atomic E-state index is 0.193. The van der Waals surface area contributed by atoms with Crippen molar-refractivity contribution in [2.24, 2.45) is 0 Å². The molecule has 2 aliphatic heterocycles. The molecule has 2 aromatic carbocycles. The van der Waals surface area contributed by atoms with Gasteiger partial charge in [-0.25, -0.2) is 4.79 Å². The summed E-state index contributed by atoms with van der Waals surface area (Å²) in [7, 11) is 0. The third kappa shape index (κ3) is 4.39. The lowest BCUT2D eigenvalue weighted by Gasteiger charge is -2.32. The number of fused-ring (bicyclic) bond motifs is 2. The number of para-hydroxylation sites is 3. The fraction of sp³-hybridized carbons (Fsp3) is 0.409. The third-order valence-electron chi connectivity index (χ3n) is 5.52. The van der Waals surface area contributed by atoms with Gasteiger partial charge < -0.3 is 20.1 Å². The fourth-order valence-electron chi connectivity index (χ4n) is 4.21. The van der Waals surface area contributed by atoms with Crippen molar-refractivity contribution in [1.82, 2.24) is 4.90 Å². The Labute approximate surface area is 165 Å². The molecule has 4 rings (SSSR count). The second-order valence-corrected chi connectivity index (χ2v) is 7.52. The van der Waals surface area contributed by atoms with Crippen molar-refractivity contribution in [2.75, 3.05) is 36.4 Å². The lowest BCUT2D eigenvalue weighted by Crippen LogP contribution is -2.41. The highest BCUT2D eigenvalue weighted by Crippen LogP contribution is 2.35. The van der Waals surface area contributed by atoms with E-state index in [1.165, 1.54) is 16.9 Å². The van der Waals surface area contributed by atoms with Crippen molar-refractivity contribution in [2.45, 2.75) is 31.9 Å². The van der Waals surface area contributed by atoms with E-state index in [9.17, 15) is 4.79 Å². The minimum Gasteiger partial charge on any atom is -0.450 e. The van der Waals surface area contributed by atoms with Crippen LogP contribution in [0.1, 0.15) is 24.8 Å². The number of ether oxygens (including phenoxy) is 1. The van der Waals surface area contributed by atoms with Crippen molar-refractivity contribution >= 4 is 23.2 Å². The molecule has 2 aromatic rings. The van der Waals surface area contributed by atoms with Crippen LogP contribution in [0.3, 0.4) is 0 Å². The van der Waals surface area contributed by atoms with Crippen LogP contribution in [0.2, 0.25) is 0 Å². The Kier molecular flexibility index (Phi) is 5.67. The second-order valence-electron chi connectivity index (χ2n) is 7.52. The van der Waals surface area contributed by atoms with E-state index in [0.29, 0.717) is 6.54 Å². The van der Waals surface area contributed by atoms with E-state index in [4.69, 9.17) is 9.84 Å². The zero-order valence-corrected chi connectivity index (χ0v) is 16.0. The molecular formula is C22H27N3O3. The first kappa shape index (κ1) is 18.6. The highest BCUT2D eigenvalue weighted by atomic mass is 16.7. The van der Waals surface area contributed by atoms with Crippen LogP contribution in [0.15, 0.2) is 48.5 Å². The van der Waals surface area contributed by atoms with Crippen LogP contribution >= 0.6 is 0 Å². The average Bonchev–Trinajstić information content (AvgIpc) is 2.84. The number of likely N-dealkylation sites (tertiary alicyclic amines) is 1. The Morgan fingerprint density at radius 1 is 1.11 bits per heavy atom. The number of nitrogens with one attached hydrogen (secondary N) is 1. The van der Waals surface area contributed by atoms with Crippen LogP contribution in [0, 0.1) is 0 Å². The molecule has 2 N–H and O–H groups in total. The molecule has 2 heterocycles. The molecule has 1 atom stereocenters. The summed E-state index contributed by atoms with van der Waals surface area (Å²) in [4.78, 5) is 15.6. The van der Waals surface area contributed by atoms with Crippen molar-refractivity contribution < 1.29 is 14.6 Å². The number of hydrogen-bond donors (Lipinski definition) is 2. The van der Waals surface area contributed by atoms with Gasteiger partial charge in [-0.15, -0.1) is 0 Å². The van der Waals surface area contributed by atoms with Crippen molar-refractivity contribution in [3.63, 3.8) is 0 Å². The average molecular weight is 381 g/mol. The zero-order valence-electron chi connectivity index (χ0n) is 16.0. The van der Waals surface area contributed by atoms with Gasteiger partial charge >= 0.3 is 6.16 Å². The highest BCUT2D eigenvalue weighted by molar-refractivity contribution is 5.78. The maximum Gasteiger partial charge on any atom is 0.506 e. The normalized spacial score (nSPS) is 19.1. The Bertz CT molecular complexity index is 826. The largest absolute Gasteiger partial charge is 0.506 e. The van der Waals surface area contributed by atoms with Crippen LogP contribution in [0.25, 0.3) is 0 Å². The molecule has 1 fully saturated rings. The molecule has 1 saturated heterocycles. The predicted octanol–water partition coefficient (Wildman–Crippen LogP) is 4.30. The maximum atomic E-state index is 10.8. The lowest BCUT2D eigenvalue weighted by molar-refractivity contribution is 0.0135. The zero-order chi connectivity index (χ0) is 19.3. The molecule has 148 valence electrons. The SMILES string of the molecule is O=C(O)O[C@@H]1CCCN(CCCN2Cc3ccccc3Nc3ccccc32)C1. The lowest BCUT2D eigenvalue weighted by atomic mass is 10.1. The predicted molar refractivity (Wildman–Crippen MR) is 110 cm³/mol. The van der Waals surface area contributed by atoms with Gasteiger partial charge in [-0.2, -0.15) is 0 Å². The van der Waals surface area contributed by atoms with E-state index in [-0.39, 0.29) is 6.10 Å². The summed E-state index contributed by atoms with van der Waals surface area (Å²) in [5.74, 6) is 0. The van der Waals surface area contributed by atoms with Crippen molar-refractivity contribution in [1.29, 1.82) is 0 Å². The van der Waals surface area contributed by atoms with Gasteiger partial charge in [0, 0.05) is 25.3 Å². The number of nitrogens with zero attached hydrogens (tertiary/aromatic N) is 2. The Hall–Kier alpha value is -2.73. The van der Waals surface area contributed by atoms with Gasteiger partial charge in [-0.1, -0.05) is 30.3 Å². The molecule has 0 spiro atoms. The first-order chi connectivity index (χ1) is 13.7. The number of anilines is 3. The maximum absolute atomic E-state index is 10.8. The molecular weight excluding hydrogens is 354 g/mol. The summed E-state index contributed by atoms with van der Waals surface area (Å²) in [5.41, 5.74) is 4.83. The number of carbonyl (C=O) groups is 1. The van der Waals surface area contributed by atoms with E-state index in [0.717, 1.165) is 51.1 Å². The number of carboxylic acid groups (broad SMARTS) is 1. The van der Waals surface area contributed by atoms with E-state index in [1.807, 2.05) is 0 Å². The van der Waals surface area contributed by atoms with E-state index >= 15 is 0 Å². The second kappa shape index (κ2) is 8.52. The van der Waals surface area contributed by atoms with E-state index in [1.54, 1.807) is 0 Å². The standard InChI is InChI=1S/C22H27N3O3/c26-22(27)28-18-8-5-12-24(16-18)13-6-14-25-15-17-7-1-2-9-19(17)23-20-10-3-4-11-21(20)25/h1-4,7,9-11,18,23H,5-6,8,12-16H2,(H,26,27)/t18-/m1/s1. The van der Waals surface area contributed by atoms with Gasteiger partial charge in [0.25, 0.3) is 0 Å². The van der Waals surface area contributed by atoms with Gasteiger partial charge in [-0.3, -0.25) is 4.90 Å². The molecule has 28 heavy (non-hydrogen) atoms. The van der Waals surface area contributed by atoms with Crippen LogP contribution < -0.4 is 10.2 Å². The number of benzene rings is 2. The summed E-state index contributed by atoms with van der Waals surface area (Å²) >= 11 is 0. The van der Waals surface area contributed by atoms with Crippen molar-refractivity contribution in [3.8, 4) is 0 Å². The Morgan fingerprint density at radius 2 is 1.89 bits per heavy atom. The monoisotopic (exact) mass is 381 g/mol. The third-order valence-corrected chi connectivity index (χ3v) is 5.52. The number of hydrogen-bond acceptors (Lipinski definition) is 5. The molecule has 6 heteroatoms. The smallest absolute Gasteiger partial charge is 0.450 e. The van der Waals surface area contributed by atoms with Crippen LogP contribution in [0.5, 0.6) is 0 Å². The van der Waals surface area contributed by atoms with Gasteiger partial charge in [0.2, 0.25) is 0 Å². The molecule has 6 nitrogen and oxygen atoms in total. The fourth-order valence-corrected chi connectivity index (χ4v) is 4.21. The molecule has 0 amide bonds. The molecule has 2 aliphatic rings. The summed E-state index contributed by atoms with van der Waals surface area (Å²) in [6.45, 7) is 4.50. The van der Waals surface area contributed by atoms with Gasteiger partial charge in [0.05, 0.1) is 11.4 Å². The van der Waals surface area contributed by atoms with E-state index < -0.39 is 6.16 Å². The van der Waals surface area contributed by atoms with Gasteiger partial charge in [0.1, 0.15) is 6.10 Å². The number of rotatable bonds is 5. The van der Waals surface area contributed by atoms with Gasteiger partial charge in [-0.05, 0) is 56.1 Å². The van der Waals surface area contributed by atoms with Crippen LogP contribution in [-0.2, 0) is 11.3 Å². The molecule has 0 bridgehead atoms. The minimum atomic E-state index is -1.17. The highest BCUT2D eigenvalue weighted by Gasteiger charge is 2.23. The Morgan fingerprint density at radius 3 is 2.75 bits per heavy atom. The summed E-state index contributed by atoms with van der Waals surface area (Å²) in [6.07, 6.45) is 1.48. The van der Waals surface area contributed by atoms with Crippen LogP contribution in [0.4, 0.5) is 21.9 Å². The van der Waals surface area contributed by atoms with Crippen LogP contribution in [-0.4, -0.2) is 48.4 Å². The summed E-state index contributed by atoms with van der Waals surface area (Å²) in [6, 6.07) is 16.9. The summed E-state index contributed by atoms with van der Waals surface area (Å²) < 4.78 is 4.98. The Balaban J connectivity index is 1.39.